The molecule has 2 N–H and O–H groups in total. The van der Waals surface area contributed by atoms with Gasteiger partial charge in [0.1, 0.15) is 6.61 Å². The summed E-state index contributed by atoms with van der Waals surface area (Å²) in [5.41, 5.74) is 3.75. The zero-order chi connectivity index (χ0) is 34.5. The molecule has 6 aliphatic heterocycles. The van der Waals surface area contributed by atoms with Crippen LogP contribution in [0.15, 0.2) is 48.5 Å². The molecule has 4 bridgehead atoms. The molecule has 48 heavy (non-hydrogen) atoms. The van der Waals surface area contributed by atoms with Crippen LogP contribution in [-0.2, 0) is 49.9 Å². The summed E-state index contributed by atoms with van der Waals surface area (Å²) < 4.78 is 11.6. The molecule has 6 saturated heterocycles. The molecule has 0 saturated carbocycles. The molecule has 13 nitrogen and oxygen atoms in total. The van der Waals surface area contributed by atoms with Gasteiger partial charge in [0.15, 0.2) is 9.74 Å². The number of carbonyl (C=O) groups excluding carboxylic acids is 3. The van der Waals surface area contributed by atoms with Crippen molar-refractivity contribution in [2.75, 3.05) is 54.6 Å². The normalized spacial score (nSPS) is 29.9. The fourth-order valence-electron chi connectivity index (χ4n) is 6.24. The second-order valence-corrected chi connectivity index (χ2v) is 17.6. The predicted octanol–water partition coefficient (Wildman–Crippen LogP) is 2.05. The molecule has 0 radical (unpaired) electrons. The second-order valence-electron chi connectivity index (χ2n) is 12.2. The average Bonchev–Trinajstić information content (AvgIpc) is 3.10. The van der Waals surface area contributed by atoms with E-state index in [-0.39, 0.29) is 17.7 Å². The van der Waals surface area contributed by atoms with Crippen molar-refractivity contribution in [2.45, 2.75) is 45.7 Å². The molecule has 6 aliphatic rings. The van der Waals surface area contributed by atoms with E-state index in [1.807, 2.05) is 48.5 Å². The molecule has 0 aliphatic carbocycles. The van der Waals surface area contributed by atoms with Crippen molar-refractivity contribution in [3.8, 4) is 0 Å². The van der Waals surface area contributed by atoms with Crippen LogP contribution in [0.3, 0.4) is 0 Å². The Kier molecular flexibility index (Phi) is 9.80. The molecular weight excluding hydrogens is 699 g/mol. The van der Waals surface area contributed by atoms with Gasteiger partial charge < -0.3 is 29.5 Å². The fraction of sp³-hybridized carbons (Fsp3) is 0.516. The maximum atomic E-state index is 13.3. The largest absolute Gasteiger partial charge is 0.399 e. The number of hydrazine groups is 1. The summed E-state index contributed by atoms with van der Waals surface area (Å²) in [5, 5.41) is 21.2. The summed E-state index contributed by atoms with van der Waals surface area (Å²) in [4.78, 5) is 52.8. The number of fused-ring (bicyclic) bond motifs is 6. The molecule has 2 aromatic rings. The Balaban J connectivity index is 0.942. The number of hydrogen-bond acceptors (Lipinski definition) is 12. The van der Waals surface area contributed by atoms with E-state index in [9.17, 15) is 29.5 Å². The van der Waals surface area contributed by atoms with Crippen LogP contribution in [0.2, 0.25) is 0 Å². The Bertz CT molecular complexity index is 1490. The highest BCUT2D eigenvalue weighted by atomic mass is 33.1. The van der Waals surface area contributed by atoms with Crippen LogP contribution in [0.25, 0.3) is 0 Å². The number of nitrogens with zero attached hydrogens (tertiary/aromatic N) is 5. The second kappa shape index (κ2) is 13.3. The van der Waals surface area contributed by atoms with Crippen LogP contribution in [0.1, 0.15) is 22.3 Å². The highest BCUT2D eigenvalue weighted by molar-refractivity contribution is 8.78. The number of carbonyl (C=O) groups is 3. The first-order valence-corrected chi connectivity index (χ1v) is 19.5. The minimum atomic E-state index is -1.35. The van der Waals surface area contributed by atoms with Crippen molar-refractivity contribution in [3.63, 3.8) is 0 Å². The average molecular weight is 737 g/mol. The highest BCUT2D eigenvalue weighted by Crippen LogP contribution is 2.60. The zero-order valence-corrected chi connectivity index (χ0v) is 30.3. The number of aliphatic hydroxyl groups is 2. The van der Waals surface area contributed by atoms with Gasteiger partial charge in [-0.3, -0.25) is 19.3 Å². The summed E-state index contributed by atoms with van der Waals surface area (Å²) >= 11 is 0. The van der Waals surface area contributed by atoms with E-state index in [0.717, 1.165) is 22.3 Å². The smallest absolute Gasteiger partial charge is 0.392 e. The van der Waals surface area contributed by atoms with E-state index >= 15 is 0 Å². The number of nitroso groups, excluding NO2 is 1. The summed E-state index contributed by atoms with van der Waals surface area (Å²) in [6.07, 6.45) is 0.680. The van der Waals surface area contributed by atoms with Crippen molar-refractivity contribution in [1.29, 1.82) is 0 Å². The third kappa shape index (κ3) is 5.41. The van der Waals surface area contributed by atoms with Crippen molar-refractivity contribution in [2.24, 2.45) is 0 Å². The highest BCUT2D eigenvalue weighted by Gasteiger charge is 2.74. The van der Waals surface area contributed by atoms with E-state index in [0.29, 0.717) is 44.1 Å². The van der Waals surface area contributed by atoms with E-state index in [1.54, 1.807) is 28.2 Å². The fourth-order valence-corrected chi connectivity index (χ4v) is 13.4. The molecule has 4 atom stereocenters. The lowest BCUT2D eigenvalue weighted by Crippen LogP contribution is -2.77. The minimum Gasteiger partial charge on any atom is -0.392 e. The van der Waals surface area contributed by atoms with Crippen molar-refractivity contribution in [3.05, 3.63) is 75.7 Å². The monoisotopic (exact) mass is 736 g/mol. The van der Waals surface area contributed by atoms with Gasteiger partial charge in [0.05, 0.1) is 45.0 Å². The topological polar surface area (TPSA) is 143 Å². The summed E-state index contributed by atoms with van der Waals surface area (Å²) in [5.74, 6) is -0.675. The van der Waals surface area contributed by atoms with Gasteiger partial charge in [-0.15, -0.1) is 5.01 Å². The van der Waals surface area contributed by atoms with E-state index in [4.69, 9.17) is 9.47 Å². The molecule has 2 aromatic carbocycles. The van der Waals surface area contributed by atoms with Gasteiger partial charge in [-0.1, -0.05) is 59.3 Å². The molecule has 3 amide bonds. The maximum Gasteiger partial charge on any atom is 0.399 e. The first kappa shape index (κ1) is 35.3. The van der Waals surface area contributed by atoms with Gasteiger partial charge in [-0.05, 0) is 43.8 Å². The van der Waals surface area contributed by atoms with Gasteiger partial charge in [0.2, 0.25) is 9.74 Å². The SMILES string of the molecule is CN1C(=O)C2(Cc3ccc(COCCOCc4ccc(CC56SSC(CO)(N(C)C5=O)[N+](=O)N6C)cc4)cc3)SSC1(CO)C(=O)N2C. The lowest BCUT2D eigenvalue weighted by molar-refractivity contribution is -0.771. The van der Waals surface area contributed by atoms with Crippen molar-refractivity contribution in [1.82, 2.24) is 19.7 Å². The minimum absolute atomic E-state index is 0.193. The number of aliphatic hydroxyl groups excluding tert-OH is 2. The Morgan fingerprint density at radius 1 is 0.604 bits per heavy atom. The van der Waals surface area contributed by atoms with Crippen LogP contribution >= 0.6 is 43.2 Å². The maximum absolute atomic E-state index is 13.3. The number of benzene rings is 2. The van der Waals surface area contributed by atoms with Crippen molar-refractivity contribution < 1.29 is 38.9 Å². The number of hydrogen-bond donors (Lipinski definition) is 2. The number of piperazine rings is 1. The summed E-state index contributed by atoms with van der Waals surface area (Å²) in [7, 11) is 11.5. The van der Waals surface area contributed by atoms with Crippen LogP contribution in [-0.4, -0.2) is 127 Å². The number of rotatable bonds is 13. The van der Waals surface area contributed by atoms with E-state index in [1.165, 1.54) is 62.9 Å². The Morgan fingerprint density at radius 2 is 1.02 bits per heavy atom. The lowest BCUT2D eigenvalue weighted by atomic mass is 9.97. The van der Waals surface area contributed by atoms with Crippen molar-refractivity contribution >= 4 is 60.9 Å². The molecule has 8 rings (SSSR count). The van der Waals surface area contributed by atoms with Gasteiger partial charge in [-0.25, -0.2) is 0 Å². The lowest BCUT2D eigenvalue weighted by Gasteiger charge is -2.58. The molecule has 6 fully saturated rings. The van der Waals surface area contributed by atoms with Crippen LogP contribution in [0.5, 0.6) is 0 Å². The van der Waals surface area contributed by atoms with Crippen LogP contribution in [0, 0.1) is 4.91 Å². The first-order chi connectivity index (χ1) is 22.9. The molecule has 0 aromatic heterocycles. The Labute approximate surface area is 294 Å². The standard InChI is InChI=1S/C31H38N5O8S4/c1-32-27(41)30(19-37)33(2)25(39)28(32,45-47-30)15-21-5-9-23(10-6-21)17-43-13-14-44-18-24-11-7-22(8-12-24)16-29-26(40)34(3)31(20-38,48-46-29)36(42)35(29)4/h5-12,37-38H,13-20H2,1-4H3/q+1. The molecule has 17 heteroatoms. The third-order valence-corrected chi connectivity index (χ3v) is 16.9. The summed E-state index contributed by atoms with van der Waals surface area (Å²) in [6.45, 7) is 0.688. The number of amides is 3. The molecule has 0 spiro atoms. The van der Waals surface area contributed by atoms with Gasteiger partial charge in [0.25, 0.3) is 17.7 Å². The quantitative estimate of drug-likeness (QED) is 0.176. The molecule has 6 heterocycles. The number of ether oxygens (including phenoxy) is 2. The van der Waals surface area contributed by atoms with E-state index < -0.39 is 32.8 Å². The zero-order valence-electron chi connectivity index (χ0n) is 27.0. The third-order valence-electron chi connectivity index (χ3n) is 9.51. The molecule has 4 unspecified atom stereocenters. The first-order valence-electron chi connectivity index (χ1n) is 15.2. The predicted molar refractivity (Wildman–Crippen MR) is 185 cm³/mol. The van der Waals surface area contributed by atoms with E-state index in [2.05, 4.69) is 0 Å². The van der Waals surface area contributed by atoms with Crippen LogP contribution in [0.4, 0.5) is 0 Å². The molecule has 258 valence electrons. The number of likely N-dealkylation sites (N-methyl/N-ethyl adjacent to an activating group) is 4. The Morgan fingerprint density at radius 3 is 1.54 bits per heavy atom. The van der Waals surface area contributed by atoms with Gasteiger partial charge in [0, 0.05) is 44.8 Å². The van der Waals surface area contributed by atoms with Crippen LogP contribution < -0.4 is 0 Å². The van der Waals surface area contributed by atoms with Gasteiger partial charge >= 0.3 is 4.99 Å². The summed E-state index contributed by atoms with van der Waals surface area (Å²) in [6, 6.07) is 15.5. The van der Waals surface area contributed by atoms with Gasteiger partial charge in [-0.2, -0.15) is 0 Å². The molecular formula is C31H38N5O8S4+. The Hall–Kier alpha value is -2.51.